The molecule has 1 aromatic carbocycles. The summed E-state index contributed by atoms with van der Waals surface area (Å²) < 4.78 is 11.0. The number of hydrogen-bond donors (Lipinski definition) is 3. The molecule has 1 fully saturated rings. The van der Waals surface area contributed by atoms with Gasteiger partial charge < -0.3 is 24.9 Å². The van der Waals surface area contributed by atoms with Crippen molar-refractivity contribution in [3.05, 3.63) is 41.6 Å². The number of aromatic nitrogens is 1. The number of methoxy groups -OCH3 is 1. The number of aromatic amines is 1. The van der Waals surface area contributed by atoms with E-state index in [1.807, 2.05) is 37.4 Å². The Hall–Kier alpha value is -2.67. The quantitative estimate of drug-likeness (QED) is 0.668. The molecule has 7 heteroatoms. The number of nitrogens with one attached hydrogen (secondary N) is 2. The zero-order valence-electron chi connectivity index (χ0n) is 17.0. The first-order chi connectivity index (χ1) is 14.1. The predicted molar refractivity (Wildman–Crippen MR) is 110 cm³/mol. The first-order valence-electron chi connectivity index (χ1n) is 10.3. The molecule has 4 rings (SSSR count). The fourth-order valence-electron chi connectivity index (χ4n) is 4.84. The molecule has 3 atom stereocenters. The Bertz CT molecular complexity index is 865. The van der Waals surface area contributed by atoms with Crippen LogP contribution < -0.4 is 10.1 Å². The largest absolute Gasteiger partial charge is 0.496 e. The number of ether oxygens (including phenoxy) is 2. The van der Waals surface area contributed by atoms with Crippen molar-refractivity contribution >= 4 is 11.7 Å². The number of para-hydroxylation sites is 1. The number of H-pyrrole nitrogens is 1. The number of carbonyl (C=O) groups is 1. The third-order valence-corrected chi connectivity index (χ3v) is 6.05. The maximum absolute atomic E-state index is 12.6. The summed E-state index contributed by atoms with van der Waals surface area (Å²) in [6.45, 7) is 2.32. The number of esters is 1. The summed E-state index contributed by atoms with van der Waals surface area (Å²) in [6, 6.07) is 7.81. The lowest BCUT2D eigenvalue weighted by atomic mass is 9.87. The normalized spacial score (nSPS) is 24.0. The van der Waals surface area contributed by atoms with E-state index >= 15 is 0 Å². The summed E-state index contributed by atoms with van der Waals surface area (Å²) in [6.07, 6.45) is 6.08. The van der Waals surface area contributed by atoms with Crippen LogP contribution in [-0.4, -0.2) is 53.3 Å². The van der Waals surface area contributed by atoms with E-state index in [9.17, 15) is 9.90 Å². The van der Waals surface area contributed by atoms with Gasteiger partial charge in [0.15, 0.2) is 5.88 Å². The van der Waals surface area contributed by atoms with Crippen molar-refractivity contribution in [1.82, 2.24) is 9.88 Å². The lowest BCUT2D eigenvalue weighted by molar-refractivity contribution is -0.145. The lowest BCUT2D eigenvalue weighted by Gasteiger charge is -2.41. The van der Waals surface area contributed by atoms with Crippen molar-refractivity contribution in [2.75, 3.05) is 25.6 Å². The van der Waals surface area contributed by atoms with Crippen molar-refractivity contribution < 1.29 is 19.4 Å². The van der Waals surface area contributed by atoms with Gasteiger partial charge in [-0.25, -0.2) is 0 Å². The highest BCUT2D eigenvalue weighted by Gasteiger charge is 2.43. The van der Waals surface area contributed by atoms with Gasteiger partial charge in [-0.05, 0) is 25.8 Å². The monoisotopic (exact) mass is 399 g/mol. The van der Waals surface area contributed by atoms with Gasteiger partial charge in [-0.1, -0.05) is 31.0 Å². The highest BCUT2D eigenvalue weighted by molar-refractivity contribution is 5.72. The maximum Gasteiger partial charge on any atom is 0.320 e. The topological polar surface area (TPSA) is 86.8 Å². The summed E-state index contributed by atoms with van der Waals surface area (Å²) in [5, 5.41) is 14.4. The molecule has 1 saturated carbocycles. The summed E-state index contributed by atoms with van der Waals surface area (Å²) in [4.78, 5) is 17.7. The zero-order chi connectivity index (χ0) is 20.4. The van der Waals surface area contributed by atoms with E-state index in [1.165, 1.54) is 0 Å². The Balaban J connectivity index is 1.87. The molecule has 29 heavy (non-hydrogen) atoms. The second-order valence-corrected chi connectivity index (χ2v) is 7.69. The smallest absolute Gasteiger partial charge is 0.320 e. The standard InChI is InChI=1S/C22H29N3O4/c1-3-29-19(26)13-25-17-10-6-5-9-15(17)24-16-12-23-22(27)20(16)21(25)14-8-4-7-11-18(14)28-2/h4,7-8,11-12,15,17,21,23-24,27H,3,5-6,9-10,13H2,1-2H3/t15-,17-,21-/m1/s1. The van der Waals surface area contributed by atoms with Gasteiger partial charge in [0.05, 0.1) is 37.6 Å². The number of carbonyl (C=O) groups excluding carboxylic acids is 1. The number of hydrogen-bond acceptors (Lipinski definition) is 6. The van der Waals surface area contributed by atoms with Gasteiger partial charge in [0.1, 0.15) is 5.75 Å². The fraction of sp³-hybridized carbons (Fsp3) is 0.500. The van der Waals surface area contributed by atoms with Crippen LogP contribution in [0.25, 0.3) is 0 Å². The van der Waals surface area contributed by atoms with Crippen LogP contribution in [0.3, 0.4) is 0 Å². The summed E-state index contributed by atoms with van der Waals surface area (Å²) in [7, 11) is 1.64. The molecule has 156 valence electrons. The summed E-state index contributed by atoms with van der Waals surface area (Å²) in [5.74, 6) is 0.582. The molecule has 0 saturated heterocycles. The van der Waals surface area contributed by atoms with E-state index in [0.717, 1.165) is 48.2 Å². The van der Waals surface area contributed by atoms with Gasteiger partial charge in [-0.15, -0.1) is 0 Å². The van der Waals surface area contributed by atoms with Gasteiger partial charge >= 0.3 is 5.97 Å². The predicted octanol–water partition coefficient (Wildman–Crippen LogP) is 3.42. The van der Waals surface area contributed by atoms with Crippen LogP contribution in [0.2, 0.25) is 0 Å². The molecular weight excluding hydrogens is 370 g/mol. The van der Waals surface area contributed by atoms with Crippen LogP contribution in [0, 0.1) is 0 Å². The van der Waals surface area contributed by atoms with Crippen LogP contribution in [0.5, 0.6) is 11.6 Å². The summed E-state index contributed by atoms with van der Waals surface area (Å²) in [5.41, 5.74) is 2.54. The van der Waals surface area contributed by atoms with Crippen molar-refractivity contribution in [1.29, 1.82) is 0 Å². The molecule has 7 nitrogen and oxygen atoms in total. The first kappa shape index (κ1) is 19.6. The van der Waals surface area contributed by atoms with E-state index in [4.69, 9.17) is 9.47 Å². The summed E-state index contributed by atoms with van der Waals surface area (Å²) >= 11 is 0. The Morgan fingerprint density at radius 2 is 2.07 bits per heavy atom. The molecule has 1 aromatic heterocycles. The van der Waals surface area contributed by atoms with E-state index in [1.54, 1.807) is 7.11 Å². The fourth-order valence-corrected chi connectivity index (χ4v) is 4.84. The minimum absolute atomic E-state index is 0.107. The molecule has 3 N–H and O–H groups in total. The third-order valence-electron chi connectivity index (χ3n) is 6.05. The molecule has 2 aliphatic rings. The molecule has 0 spiro atoms. The van der Waals surface area contributed by atoms with Crippen LogP contribution in [0.1, 0.15) is 49.8 Å². The van der Waals surface area contributed by atoms with Crippen LogP contribution in [0.15, 0.2) is 30.5 Å². The SMILES string of the molecule is CCOC(=O)CN1[C@H](c2ccccc2OC)c2c(c[nH]c2O)N[C@@H]2CCCC[C@H]21. The second kappa shape index (κ2) is 8.37. The molecule has 1 aliphatic carbocycles. The lowest BCUT2D eigenvalue weighted by Crippen LogP contribution is -2.50. The highest BCUT2D eigenvalue weighted by Crippen LogP contribution is 2.47. The van der Waals surface area contributed by atoms with Crippen molar-refractivity contribution in [2.24, 2.45) is 0 Å². The average molecular weight is 399 g/mol. The Labute approximate surface area is 171 Å². The third kappa shape index (κ3) is 3.67. The molecule has 0 bridgehead atoms. The minimum atomic E-state index is -0.336. The van der Waals surface area contributed by atoms with Crippen molar-refractivity contribution in [3.8, 4) is 11.6 Å². The van der Waals surface area contributed by atoms with Gasteiger partial charge in [-0.2, -0.15) is 0 Å². The van der Waals surface area contributed by atoms with Gasteiger partial charge in [0.25, 0.3) is 0 Å². The Kier molecular flexibility index (Phi) is 5.67. The molecule has 1 aliphatic heterocycles. The highest BCUT2D eigenvalue weighted by atomic mass is 16.5. The van der Waals surface area contributed by atoms with Gasteiger partial charge in [0.2, 0.25) is 0 Å². The van der Waals surface area contributed by atoms with E-state index in [-0.39, 0.29) is 36.5 Å². The number of anilines is 1. The number of fused-ring (bicyclic) bond motifs is 2. The Morgan fingerprint density at radius 3 is 2.86 bits per heavy atom. The second-order valence-electron chi connectivity index (χ2n) is 7.69. The molecule has 2 heterocycles. The van der Waals surface area contributed by atoms with Crippen molar-refractivity contribution in [2.45, 2.75) is 50.7 Å². The van der Waals surface area contributed by atoms with Crippen LogP contribution in [0.4, 0.5) is 5.69 Å². The van der Waals surface area contributed by atoms with E-state index < -0.39 is 0 Å². The Morgan fingerprint density at radius 1 is 1.28 bits per heavy atom. The van der Waals surface area contributed by atoms with Gasteiger partial charge in [0, 0.05) is 23.8 Å². The first-order valence-corrected chi connectivity index (χ1v) is 10.3. The average Bonchev–Trinajstić information content (AvgIpc) is 3.01. The number of aromatic hydroxyl groups is 1. The van der Waals surface area contributed by atoms with Crippen molar-refractivity contribution in [3.63, 3.8) is 0 Å². The van der Waals surface area contributed by atoms with Crippen LogP contribution in [-0.2, 0) is 9.53 Å². The number of benzene rings is 1. The molecule has 2 aromatic rings. The maximum atomic E-state index is 12.6. The van der Waals surface area contributed by atoms with E-state index in [2.05, 4.69) is 15.2 Å². The van der Waals surface area contributed by atoms with Crippen LogP contribution >= 0.6 is 0 Å². The zero-order valence-corrected chi connectivity index (χ0v) is 17.0. The van der Waals surface area contributed by atoms with E-state index in [0.29, 0.717) is 6.61 Å². The minimum Gasteiger partial charge on any atom is -0.496 e. The number of nitrogens with zero attached hydrogens (tertiary/aromatic N) is 1. The molecule has 0 radical (unpaired) electrons. The molecular formula is C22H29N3O4. The van der Waals surface area contributed by atoms with Gasteiger partial charge in [-0.3, -0.25) is 9.69 Å². The molecule has 0 amide bonds. The molecule has 0 unspecified atom stereocenters. The number of rotatable bonds is 5.